The number of fused-ring (bicyclic) bond motifs is 1. The Morgan fingerprint density at radius 1 is 1.26 bits per heavy atom. The minimum atomic E-state index is -0.356. The fourth-order valence-electron chi connectivity index (χ4n) is 4.85. The van der Waals surface area contributed by atoms with Gasteiger partial charge in [-0.2, -0.15) is 0 Å². The molecule has 1 N–H and O–H groups in total. The van der Waals surface area contributed by atoms with E-state index < -0.39 is 0 Å². The van der Waals surface area contributed by atoms with Crippen molar-refractivity contribution in [2.45, 2.75) is 46.8 Å². The number of halogens is 2. The summed E-state index contributed by atoms with van der Waals surface area (Å²) in [6.45, 7) is 11.8. The average Bonchev–Trinajstić information content (AvgIpc) is 3.15. The third-order valence-electron chi connectivity index (χ3n) is 6.88. The van der Waals surface area contributed by atoms with Crippen LogP contribution in [0, 0.1) is 11.2 Å². The highest BCUT2D eigenvalue weighted by atomic mass is 79.9. The first-order valence-electron chi connectivity index (χ1n) is 12.2. The minimum absolute atomic E-state index is 0.0427. The summed E-state index contributed by atoms with van der Waals surface area (Å²) >= 11 is 3.39. The number of methoxy groups -OCH3 is 1. The molecule has 4 rings (SSSR count). The Hall–Kier alpha value is -2.00. The molecule has 0 spiro atoms. The van der Waals surface area contributed by atoms with Crippen LogP contribution in [0.4, 0.5) is 10.1 Å². The molecule has 3 aromatic rings. The van der Waals surface area contributed by atoms with Crippen LogP contribution < -0.4 is 4.90 Å². The zero-order valence-electron chi connectivity index (χ0n) is 21.2. The Morgan fingerprint density at radius 2 is 1.97 bits per heavy atom. The first kappa shape index (κ1) is 26.1. The van der Waals surface area contributed by atoms with Crippen molar-refractivity contribution in [1.82, 2.24) is 9.55 Å². The van der Waals surface area contributed by atoms with Crippen LogP contribution in [-0.4, -0.2) is 54.7 Å². The van der Waals surface area contributed by atoms with Crippen molar-refractivity contribution in [2.24, 2.45) is 5.41 Å². The molecule has 8 heteroatoms. The number of aliphatic hydroxyl groups is 1. The van der Waals surface area contributed by atoms with Crippen molar-refractivity contribution < 1.29 is 19.0 Å². The SMILES string of the molecule is CCn1c(-c2cc(N3CCOCC3)cnc2C(C)OC)c(CC(C)(C)CO)c2cc(Br)c(F)cc21. The van der Waals surface area contributed by atoms with Crippen molar-refractivity contribution in [2.75, 3.05) is 44.9 Å². The molecule has 1 unspecified atom stereocenters. The van der Waals surface area contributed by atoms with Gasteiger partial charge in [0.2, 0.25) is 0 Å². The van der Waals surface area contributed by atoms with E-state index in [1.165, 1.54) is 0 Å². The summed E-state index contributed by atoms with van der Waals surface area (Å²) in [4.78, 5) is 7.17. The van der Waals surface area contributed by atoms with E-state index in [0.717, 1.165) is 52.2 Å². The van der Waals surface area contributed by atoms with Gasteiger partial charge in [-0.05, 0) is 65.4 Å². The van der Waals surface area contributed by atoms with E-state index in [4.69, 9.17) is 14.5 Å². The Kier molecular flexibility index (Phi) is 7.86. The van der Waals surface area contributed by atoms with Crippen LogP contribution >= 0.6 is 15.9 Å². The molecule has 1 fully saturated rings. The van der Waals surface area contributed by atoms with Gasteiger partial charge in [0.1, 0.15) is 5.82 Å². The van der Waals surface area contributed by atoms with Crippen LogP contribution in [-0.2, 0) is 22.4 Å². The number of rotatable bonds is 8. The number of anilines is 1. The third-order valence-corrected chi connectivity index (χ3v) is 7.49. The maximum Gasteiger partial charge on any atom is 0.139 e. The van der Waals surface area contributed by atoms with E-state index in [0.29, 0.717) is 30.7 Å². The van der Waals surface area contributed by atoms with Gasteiger partial charge >= 0.3 is 0 Å². The van der Waals surface area contributed by atoms with Crippen LogP contribution in [0.2, 0.25) is 0 Å². The van der Waals surface area contributed by atoms with Crippen molar-refractivity contribution in [3.63, 3.8) is 0 Å². The number of aliphatic hydroxyl groups excluding tert-OH is 1. The van der Waals surface area contributed by atoms with E-state index in [2.05, 4.69) is 38.4 Å². The van der Waals surface area contributed by atoms with E-state index in [9.17, 15) is 9.50 Å². The first-order chi connectivity index (χ1) is 16.7. The fourth-order valence-corrected chi connectivity index (χ4v) is 5.19. The molecule has 3 heterocycles. The standard InChI is InChI=1S/C27H35BrFN3O3/c1-6-32-24-13-23(29)22(28)12-19(24)21(14-27(3,4)16-33)26(32)20-11-18(31-7-9-35-10-8-31)15-30-25(20)17(2)34-5/h11-13,15,17,33H,6-10,14,16H2,1-5H3. The Balaban J connectivity index is 2.05. The molecule has 2 aromatic heterocycles. The average molecular weight is 548 g/mol. The zero-order valence-corrected chi connectivity index (χ0v) is 22.8. The molecule has 1 atom stereocenters. The van der Waals surface area contributed by atoms with Gasteiger partial charge < -0.3 is 24.0 Å². The van der Waals surface area contributed by atoms with Gasteiger partial charge in [0, 0.05) is 44.3 Å². The smallest absolute Gasteiger partial charge is 0.139 e. The number of nitrogens with zero attached hydrogens (tertiary/aromatic N) is 3. The predicted molar refractivity (Wildman–Crippen MR) is 142 cm³/mol. The molecule has 0 amide bonds. The molecule has 190 valence electrons. The first-order valence-corrected chi connectivity index (χ1v) is 13.0. The van der Waals surface area contributed by atoms with Gasteiger partial charge in [-0.3, -0.25) is 4.98 Å². The van der Waals surface area contributed by atoms with E-state index in [1.54, 1.807) is 13.2 Å². The number of morpholine rings is 1. The van der Waals surface area contributed by atoms with Gasteiger partial charge in [-0.1, -0.05) is 13.8 Å². The Labute approximate surface area is 215 Å². The van der Waals surface area contributed by atoms with E-state index in [1.807, 2.05) is 33.0 Å². The number of pyridine rings is 1. The quantitative estimate of drug-likeness (QED) is 0.390. The highest BCUT2D eigenvalue weighted by molar-refractivity contribution is 9.10. The Morgan fingerprint density at radius 3 is 2.60 bits per heavy atom. The van der Waals surface area contributed by atoms with Crippen LogP contribution in [0.1, 0.15) is 45.1 Å². The summed E-state index contributed by atoms with van der Waals surface area (Å²) in [6, 6.07) is 5.65. The van der Waals surface area contributed by atoms with Crippen molar-refractivity contribution in [3.05, 3.63) is 45.9 Å². The molecular weight excluding hydrogens is 513 g/mol. The second kappa shape index (κ2) is 10.5. The van der Waals surface area contributed by atoms with Gasteiger partial charge in [-0.25, -0.2) is 4.39 Å². The summed E-state index contributed by atoms with van der Waals surface area (Å²) in [5, 5.41) is 11.1. The molecule has 0 saturated carbocycles. The molecule has 6 nitrogen and oxygen atoms in total. The molecule has 1 aromatic carbocycles. The van der Waals surface area contributed by atoms with Crippen LogP contribution in [0.15, 0.2) is 28.9 Å². The number of hydrogen-bond acceptors (Lipinski definition) is 5. The summed E-state index contributed by atoms with van der Waals surface area (Å²) in [5.74, 6) is -0.296. The van der Waals surface area contributed by atoms with Crippen molar-refractivity contribution >= 4 is 32.5 Å². The molecule has 1 aliphatic rings. The predicted octanol–water partition coefficient (Wildman–Crippen LogP) is 5.73. The summed E-state index contributed by atoms with van der Waals surface area (Å²) in [6.07, 6.45) is 2.31. The fraction of sp³-hybridized carbons (Fsp3) is 0.519. The highest BCUT2D eigenvalue weighted by Gasteiger charge is 2.29. The number of benzene rings is 1. The maximum atomic E-state index is 14.7. The maximum absolute atomic E-state index is 14.7. The van der Waals surface area contributed by atoms with Crippen LogP contribution in [0.25, 0.3) is 22.2 Å². The summed E-state index contributed by atoms with van der Waals surface area (Å²) in [5.41, 5.74) is 5.40. The number of ether oxygens (including phenoxy) is 2. The summed E-state index contributed by atoms with van der Waals surface area (Å²) < 4.78 is 28.6. The molecular formula is C27H35BrFN3O3. The van der Waals surface area contributed by atoms with Crippen molar-refractivity contribution in [3.8, 4) is 11.3 Å². The zero-order chi connectivity index (χ0) is 25.3. The summed E-state index contributed by atoms with van der Waals surface area (Å²) in [7, 11) is 1.68. The lowest BCUT2D eigenvalue weighted by molar-refractivity contribution is 0.116. The molecule has 0 bridgehead atoms. The second-order valence-corrected chi connectivity index (χ2v) is 10.8. The lowest BCUT2D eigenvalue weighted by atomic mass is 9.84. The molecule has 0 radical (unpaired) electrons. The van der Waals surface area contributed by atoms with E-state index >= 15 is 0 Å². The monoisotopic (exact) mass is 547 g/mol. The van der Waals surface area contributed by atoms with Gasteiger partial charge in [0.25, 0.3) is 0 Å². The van der Waals surface area contributed by atoms with Gasteiger partial charge in [0.15, 0.2) is 0 Å². The number of aryl methyl sites for hydroxylation is 1. The largest absolute Gasteiger partial charge is 0.396 e. The van der Waals surface area contributed by atoms with Crippen LogP contribution in [0.3, 0.4) is 0 Å². The van der Waals surface area contributed by atoms with Crippen LogP contribution in [0.5, 0.6) is 0 Å². The topological polar surface area (TPSA) is 59.8 Å². The van der Waals surface area contributed by atoms with E-state index in [-0.39, 0.29) is 23.9 Å². The Bertz CT molecular complexity index is 1200. The molecule has 1 aliphatic heterocycles. The molecule has 35 heavy (non-hydrogen) atoms. The molecule has 1 saturated heterocycles. The normalized spacial score (nSPS) is 15.7. The lowest BCUT2D eigenvalue weighted by Gasteiger charge is -2.30. The number of hydrogen-bond donors (Lipinski definition) is 1. The minimum Gasteiger partial charge on any atom is -0.396 e. The second-order valence-electron chi connectivity index (χ2n) is 9.96. The molecule has 0 aliphatic carbocycles. The van der Waals surface area contributed by atoms with Gasteiger partial charge in [0.05, 0.1) is 52.6 Å². The van der Waals surface area contributed by atoms with Crippen molar-refractivity contribution in [1.29, 1.82) is 0 Å². The van der Waals surface area contributed by atoms with Gasteiger partial charge in [-0.15, -0.1) is 0 Å². The highest BCUT2D eigenvalue weighted by Crippen LogP contribution is 2.42. The lowest BCUT2D eigenvalue weighted by Crippen LogP contribution is -2.36. The third kappa shape index (κ3) is 5.12. The number of aromatic nitrogens is 2.